The minimum Gasteiger partial charge on any atom is -0.480 e. The molecule has 1 unspecified atom stereocenters. The van der Waals surface area contributed by atoms with E-state index < -0.39 is 18.1 Å². The topological polar surface area (TPSA) is 83.6 Å². The molecule has 1 aliphatic carbocycles. The first-order chi connectivity index (χ1) is 8.23. The molecule has 0 aromatic rings. The summed E-state index contributed by atoms with van der Waals surface area (Å²) in [6.07, 6.45) is 1.94. The highest BCUT2D eigenvalue weighted by atomic mass is 16.4. The number of carbonyl (C=O) groups excluding carboxylic acids is 1. The Kier molecular flexibility index (Phi) is 3.13. The summed E-state index contributed by atoms with van der Waals surface area (Å²) in [5.74, 6) is -0.609. The summed E-state index contributed by atoms with van der Waals surface area (Å²) in [5.41, 5.74) is 5.62. The Morgan fingerprint density at radius 2 is 1.94 bits per heavy atom. The third kappa shape index (κ3) is 2.00. The maximum atomic E-state index is 12.4. The van der Waals surface area contributed by atoms with Crippen LogP contribution in [0.4, 0.5) is 0 Å². The first kappa shape index (κ1) is 13.3. The van der Waals surface area contributed by atoms with Crippen LogP contribution in [0.1, 0.15) is 33.6 Å². The Labute approximate surface area is 107 Å². The maximum Gasteiger partial charge on any atom is 0.326 e. The van der Waals surface area contributed by atoms with Crippen molar-refractivity contribution in [3.63, 3.8) is 0 Å². The van der Waals surface area contributed by atoms with E-state index in [-0.39, 0.29) is 17.2 Å². The number of rotatable bonds is 2. The number of hydrogen-bond donors (Lipinski definition) is 2. The van der Waals surface area contributed by atoms with E-state index in [9.17, 15) is 14.7 Å². The molecule has 0 spiro atoms. The van der Waals surface area contributed by atoms with Crippen molar-refractivity contribution in [2.75, 3.05) is 6.54 Å². The summed E-state index contributed by atoms with van der Waals surface area (Å²) >= 11 is 0. The number of carboxylic acid groups (broad SMARTS) is 1. The Balaban J connectivity index is 2.17. The van der Waals surface area contributed by atoms with Crippen LogP contribution in [-0.2, 0) is 9.59 Å². The maximum absolute atomic E-state index is 12.4. The lowest BCUT2D eigenvalue weighted by molar-refractivity contribution is -0.151. The van der Waals surface area contributed by atoms with Gasteiger partial charge in [-0.15, -0.1) is 0 Å². The molecule has 1 amide bonds. The van der Waals surface area contributed by atoms with E-state index in [1.807, 2.05) is 20.8 Å². The van der Waals surface area contributed by atoms with Crippen LogP contribution >= 0.6 is 0 Å². The highest BCUT2D eigenvalue weighted by molar-refractivity contribution is 5.88. The van der Waals surface area contributed by atoms with Crippen molar-refractivity contribution in [2.45, 2.75) is 45.7 Å². The largest absolute Gasteiger partial charge is 0.480 e. The zero-order valence-electron chi connectivity index (χ0n) is 11.2. The van der Waals surface area contributed by atoms with Crippen molar-refractivity contribution in [3.8, 4) is 0 Å². The van der Waals surface area contributed by atoms with Crippen LogP contribution < -0.4 is 5.73 Å². The molecule has 5 heteroatoms. The van der Waals surface area contributed by atoms with E-state index in [1.54, 1.807) is 0 Å². The van der Waals surface area contributed by atoms with Gasteiger partial charge in [-0.3, -0.25) is 4.79 Å². The minimum absolute atomic E-state index is 0.138. The van der Waals surface area contributed by atoms with E-state index in [2.05, 4.69) is 0 Å². The third-order valence-electron chi connectivity index (χ3n) is 4.38. The van der Waals surface area contributed by atoms with Gasteiger partial charge in [0.1, 0.15) is 6.04 Å². The predicted molar refractivity (Wildman–Crippen MR) is 66.8 cm³/mol. The number of carbonyl (C=O) groups is 2. The molecule has 1 heterocycles. The summed E-state index contributed by atoms with van der Waals surface area (Å²) in [5, 5.41) is 9.30. The molecule has 2 rings (SSSR count). The molecule has 0 bridgehead atoms. The number of nitrogens with two attached hydrogens (primary N) is 1. The van der Waals surface area contributed by atoms with Gasteiger partial charge in [-0.25, -0.2) is 4.79 Å². The van der Waals surface area contributed by atoms with Crippen LogP contribution in [0, 0.1) is 17.3 Å². The molecule has 5 nitrogen and oxygen atoms in total. The molecule has 2 aliphatic rings. The predicted octanol–water partition coefficient (Wildman–Crippen LogP) is 0.681. The highest BCUT2D eigenvalue weighted by Gasteiger charge is 2.53. The normalized spacial score (nSPS) is 32.7. The van der Waals surface area contributed by atoms with Crippen molar-refractivity contribution >= 4 is 11.9 Å². The first-order valence-electron chi connectivity index (χ1n) is 6.52. The van der Waals surface area contributed by atoms with Gasteiger partial charge in [0.05, 0.1) is 6.04 Å². The lowest BCUT2D eigenvalue weighted by Crippen LogP contribution is -2.54. The lowest BCUT2D eigenvalue weighted by Gasteiger charge is -2.33. The number of fused-ring (bicyclic) bond motifs is 1. The number of hydrogen-bond acceptors (Lipinski definition) is 3. The van der Waals surface area contributed by atoms with E-state index in [0.717, 1.165) is 12.8 Å². The Morgan fingerprint density at radius 3 is 2.33 bits per heavy atom. The fourth-order valence-corrected chi connectivity index (χ4v) is 2.93. The van der Waals surface area contributed by atoms with Gasteiger partial charge < -0.3 is 15.7 Å². The number of carboxylic acids is 1. The van der Waals surface area contributed by atoms with Gasteiger partial charge in [0.25, 0.3) is 0 Å². The molecular formula is C13H22N2O3. The van der Waals surface area contributed by atoms with E-state index in [1.165, 1.54) is 4.90 Å². The summed E-state index contributed by atoms with van der Waals surface area (Å²) in [6.45, 7) is 6.26. The SMILES string of the molecule is CC(C)(C)C(N)C(=O)N1C[C@@H]2CC[C@@H]2[C@H]1C(=O)O. The second kappa shape index (κ2) is 4.23. The van der Waals surface area contributed by atoms with Gasteiger partial charge in [0, 0.05) is 6.54 Å². The Morgan fingerprint density at radius 1 is 1.33 bits per heavy atom. The first-order valence-corrected chi connectivity index (χ1v) is 6.52. The number of nitrogens with zero attached hydrogens (tertiary/aromatic N) is 1. The molecule has 2 fully saturated rings. The summed E-state index contributed by atoms with van der Waals surface area (Å²) in [6, 6.07) is -1.30. The molecule has 1 aliphatic heterocycles. The zero-order chi connectivity index (χ0) is 13.7. The van der Waals surface area contributed by atoms with Crippen LogP contribution in [0.3, 0.4) is 0 Å². The average Bonchev–Trinajstić information content (AvgIpc) is 2.47. The molecular weight excluding hydrogens is 232 g/mol. The number of aliphatic carboxylic acids is 1. The van der Waals surface area contributed by atoms with Gasteiger partial charge in [-0.2, -0.15) is 0 Å². The Hall–Kier alpha value is -1.10. The van der Waals surface area contributed by atoms with Crippen LogP contribution in [0.25, 0.3) is 0 Å². The van der Waals surface area contributed by atoms with Gasteiger partial charge >= 0.3 is 5.97 Å². The van der Waals surface area contributed by atoms with E-state index in [4.69, 9.17) is 5.73 Å². The van der Waals surface area contributed by atoms with Crippen molar-refractivity contribution < 1.29 is 14.7 Å². The van der Waals surface area contributed by atoms with Crippen LogP contribution in [0.2, 0.25) is 0 Å². The molecule has 1 saturated carbocycles. The number of amides is 1. The van der Waals surface area contributed by atoms with Gasteiger partial charge in [0.15, 0.2) is 0 Å². The van der Waals surface area contributed by atoms with Gasteiger partial charge in [-0.1, -0.05) is 20.8 Å². The molecule has 1 saturated heterocycles. The van der Waals surface area contributed by atoms with Gasteiger partial charge in [0.2, 0.25) is 5.91 Å². The Bertz CT molecular complexity index is 375. The molecule has 0 aromatic carbocycles. The van der Waals surface area contributed by atoms with Crippen molar-refractivity contribution in [2.24, 2.45) is 23.0 Å². The van der Waals surface area contributed by atoms with E-state index in [0.29, 0.717) is 12.5 Å². The molecule has 4 atom stereocenters. The van der Waals surface area contributed by atoms with Crippen LogP contribution in [0.15, 0.2) is 0 Å². The second-order valence-electron chi connectivity index (χ2n) is 6.62. The molecule has 0 radical (unpaired) electrons. The van der Waals surface area contributed by atoms with Crippen LogP contribution in [0.5, 0.6) is 0 Å². The molecule has 18 heavy (non-hydrogen) atoms. The lowest BCUT2D eigenvalue weighted by atomic mass is 9.73. The number of likely N-dealkylation sites (tertiary alicyclic amines) is 1. The average molecular weight is 254 g/mol. The fraction of sp³-hybridized carbons (Fsp3) is 0.846. The third-order valence-corrected chi connectivity index (χ3v) is 4.38. The van der Waals surface area contributed by atoms with E-state index >= 15 is 0 Å². The zero-order valence-corrected chi connectivity index (χ0v) is 11.2. The standard InChI is InChI=1S/C13H22N2O3/c1-13(2,3)10(14)11(16)15-6-7-4-5-8(7)9(15)12(17)18/h7-10H,4-6,14H2,1-3H3,(H,17,18)/t7-,8-,9-,10?/m0/s1. The molecule has 102 valence electrons. The van der Waals surface area contributed by atoms with Gasteiger partial charge in [-0.05, 0) is 30.1 Å². The van der Waals surface area contributed by atoms with Crippen LogP contribution in [-0.4, -0.2) is 40.5 Å². The summed E-state index contributed by atoms with van der Waals surface area (Å²) in [4.78, 5) is 25.2. The molecule has 0 aromatic heterocycles. The second-order valence-corrected chi connectivity index (χ2v) is 6.62. The summed E-state index contributed by atoms with van der Waals surface area (Å²) in [7, 11) is 0. The highest BCUT2D eigenvalue weighted by Crippen LogP contribution is 2.45. The summed E-state index contributed by atoms with van der Waals surface area (Å²) < 4.78 is 0. The van der Waals surface area contributed by atoms with Crippen molar-refractivity contribution in [1.82, 2.24) is 4.90 Å². The smallest absolute Gasteiger partial charge is 0.326 e. The van der Waals surface area contributed by atoms with Crippen molar-refractivity contribution in [3.05, 3.63) is 0 Å². The monoisotopic (exact) mass is 254 g/mol. The quantitative estimate of drug-likeness (QED) is 0.759. The van der Waals surface area contributed by atoms with Crippen molar-refractivity contribution in [1.29, 1.82) is 0 Å². The fourth-order valence-electron chi connectivity index (χ4n) is 2.93. The molecule has 3 N–H and O–H groups in total. The minimum atomic E-state index is -0.892.